The SMILES string of the molecule is CC1CCc2sc(C(=O)N(CCO)CCO)cc2C1. The van der Waals surface area contributed by atoms with Crippen molar-refractivity contribution in [3.8, 4) is 0 Å². The Hall–Kier alpha value is -0.910. The minimum Gasteiger partial charge on any atom is -0.395 e. The van der Waals surface area contributed by atoms with Crippen LogP contribution < -0.4 is 0 Å². The first-order chi connectivity index (χ1) is 9.15. The number of nitrogens with zero attached hydrogens (tertiary/aromatic N) is 1. The fraction of sp³-hybridized carbons (Fsp3) is 0.643. The van der Waals surface area contributed by atoms with E-state index in [4.69, 9.17) is 10.2 Å². The summed E-state index contributed by atoms with van der Waals surface area (Å²) in [5.41, 5.74) is 1.31. The number of carbonyl (C=O) groups excluding carboxylic acids is 1. The minimum absolute atomic E-state index is 0.0739. The van der Waals surface area contributed by atoms with Crippen LogP contribution in [0.25, 0.3) is 0 Å². The Labute approximate surface area is 117 Å². The molecule has 1 atom stereocenters. The van der Waals surface area contributed by atoms with Crippen LogP contribution in [0, 0.1) is 5.92 Å². The maximum absolute atomic E-state index is 12.3. The van der Waals surface area contributed by atoms with E-state index in [1.165, 1.54) is 21.8 Å². The van der Waals surface area contributed by atoms with Gasteiger partial charge in [-0.1, -0.05) is 6.92 Å². The maximum atomic E-state index is 12.3. The van der Waals surface area contributed by atoms with E-state index >= 15 is 0 Å². The fourth-order valence-electron chi connectivity index (χ4n) is 2.52. The number of thiophene rings is 1. The smallest absolute Gasteiger partial charge is 0.264 e. The van der Waals surface area contributed by atoms with E-state index < -0.39 is 0 Å². The number of rotatable bonds is 5. The van der Waals surface area contributed by atoms with Crippen molar-refractivity contribution in [3.63, 3.8) is 0 Å². The van der Waals surface area contributed by atoms with Crippen molar-refractivity contribution in [2.75, 3.05) is 26.3 Å². The lowest BCUT2D eigenvalue weighted by Crippen LogP contribution is -2.35. The number of carbonyl (C=O) groups is 1. The van der Waals surface area contributed by atoms with Gasteiger partial charge in [-0.05, 0) is 36.8 Å². The monoisotopic (exact) mass is 283 g/mol. The quantitative estimate of drug-likeness (QED) is 0.856. The van der Waals surface area contributed by atoms with Gasteiger partial charge in [0.05, 0.1) is 18.1 Å². The van der Waals surface area contributed by atoms with Gasteiger partial charge in [-0.25, -0.2) is 0 Å². The Kier molecular flexibility index (Phi) is 4.96. The van der Waals surface area contributed by atoms with Gasteiger partial charge >= 0.3 is 0 Å². The first-order valence-electron chi connectivity index (χ1n) is 6.78. The predicted octanol–water partition coefficient (Wildman–Crippen LogP) is 1.30. The molecule has 1 aliphatic rings. The molecule has 0 saturated carbocycles. The van der Waals surface area contributed by atoms with Crippen molar-refractivity contribution in [2.24, 2.45) is 5.92 Å². The maximum Gasteiger partial charge on any atom is 0.264 e. The second-order valence-corrected chi connectivity index (χ2v) is 6.28. The highest BCUT2D eigenvalue weighted by Gasteiger charge is 2.23. The summed E-state index contributed by atoms with van der Waals surface area (Å²) in [7, 11) is 0. The van der Waals surface area contributed by atoms with Crippen LogP contribution in [0.1, 0.15) is 33.5 Å². The van der Waals surface area contributed by atoms with Crippen LogP contribution in [0.2, 0.25) is 0 Å². The van der Waals surface area contributed by atoms with Crippen molar-refractivity contribution < 1.29 is 15.0 Å². The largest absolute Gasteiger partial charge is 0.395 e. The summed E-state index contributed by atoms with van der Waals surface area (Å²) in [6.07, 6.45) is 3.31. The highest BCUT2D eigenvalue weighted by molar-refractivity contribution is 7.14. The third-order valence-corrected chi connectivity index (χ3v) is 4.79. The lowest BCUT2D eigenvalue weighted by molar-refractivity contribution is 0.0689. The Morgan fingerprint density at radius 3 is 2.74 bits per heavy atom. The van der Waals surface area contributed by atoms with Gasteiger partial charge in [0.25, 0.3) is 5.91 Å². The lowest BCUT2D eigenvalue weighted by atomic mass is 9.90. The molecule has 1 heterocycles. The fourth-order valence-corrected chi connectivity index (χ4v) is 3.70. The molecule has 0 fully saturated rings. The Balaban J connectivity index is 2.14. The number of aryl methyl sites for hydroxylation is 1. The van der Waals surface area contributed by atoms with E-state index in [0.29, 0.717) is 5.92 Å². The van der Waals surface area contributed by atoms with Crippen LogP contribution in [-0.2, 0) is 12.8 Å². The molecule has 1 aliphatic carbocycles. The normalized spacial score (nSPS) is 18.2. The van der Waals surface area contributed by atoms with E-state index in [1.807, 2.05) is 6.07 Å². The summed E-state index contributed by atoms with van der Waals surface area (Å²) in [6, 6.07) is 2.00. The minimum atomic E-state index is -0.0755. The van der Waals surface area contributed by atoms with Crippen molar-refractivity contribution in [3.05, 3.63) is 21.4 Å². The molecule has 106 valence electrons. The average Bonchev–Trinajstić information content (AvgIpc) is 2.80. The highest BCUT2D eigenvalue weighted by Crippen LogP contribution is 2.32. The number of amides is 1. The van der Waals surface area contributed by atoms with Crippen molar-refractivity contribution in [1.29, 1.82) is 0 Å². The summed E-state index contributed by atoms with van der Waals surface area (Å²) in [4.78, 5) is 15.9. The zero-order valence-electron chi connectivity index (χ0n) is 11.3. The second-order valence-electron chi connectivity index (χ2n) is 5.15. The predicted molar refractivity (Wildman–Crippen MR) is 75.6 cm³/mol. The van der Waals surface area contributed by atoms with E-state index in [0.717, 1.165) is 17.7 Å². The van der Waals surface area contributed by atoms with Gasteiger partial charge in [-0.2, -0.15) is 0 Å². The van der Waals surface area contributed by atoms with Gasteiger partial charge in [0, 0.05) is 18.0 Å². The van der Waals surface area contributed by atoms with Crippen LogP contribution >= 0.6 is 11.3 Å². The molecular weight excluding hydrogens is 262 g/mol. The molecule has 0 aliphatic heterocycles. The standard InChI is InChI=1S/C14H21NO3S/c1-10-2-3-12-11(8-10)9-13(19-12)14(18)15(4-6-16)5-7-17/h9-10,16-17H,2-8H2,1H3. The van der Waals surface area contributed by atoms with Crippen molar-refractivity contribution >= 4 is 17.2 Å². The molecule has 0 saturated heterocycles. The molecule has 1 aromatic rings. The summed E-state index contributed by atoms with van der Waals surface area (Å²) >= 11 is 1.57. The molecule has 0 aromatic carbocycles. The van der Waals surface area contributed by atoms with Crippen LogP contribution in [-0.4, -0.2) is 47.3 Å². The number of fused-ring (bicyclic) bond motifs is 1. The van der Waals surface area contributed by atoms with Gasteiger partial charge < -0.3 is 15.1 Å². The molecule has 0 spiro atoms. The first-order valence-corrected chi connectivity index (χ1v) is 7.60. The van der Waals surface area contributed by atoms with Gasteiger partial charge in [-0.15, -0.1) is 11.3 Å². The molecule has 19 heavy (non-hydrogen) atoms. The molecule has 0 radical (unpaired) electrons. The molecular formula is C14H21NO3S. The van der Waals surface area contributed by atoms with Gasteiger partial charge in [-0.3, -0.25) is 4.79 Å². The van der Waals surface area contributed by atoms with Crippen molar-refractivity contribution in [1.82, 2.24) is 4.90 Å². The molecule has 1 unspecified atom stereocenters. The Morgan fingerprint density at radius 2 is 2.11 bits per heavy atom. The number of aliphatic hydroxyl groups is 2. The molecule has 2 N–H and O–H groups in total. The lowest BCUT2D eigenvalue weighted by Gasteiger charge is -2.19. The van der Waals surface area contributed by atoms with Crippen molar-refractivity contribution in [2.45, 2.75) is 26.2 Å². The third-order valence-electron chi connectivity index (χ3n) is 3.57. The summed E-state index contributed by atoms with van der Waals surface area (Å²) in [6.45, 7) is 2.64. The molecule has 1 amide bonds. The Bertz CT molecular complexity index is 438. The summed E-state index contributed by atoms with van der Waals surface area (Å²) in [5.74, 6) is 0.617. The van der Waals surface area contributed by atoms with E-state index in [9.17, 15) is 4.79 Å². The topological polar surface area (TPSA) is 60.8 Å². The van der Waals surface area contributed by atoms with Gasteiger partial charge in [0.2, 0.25) is 0 Å². The molecule has 4 nitrogen and oxygen atoms in total. The number of aliphatic hydroxyl groups excluding tert-OH is 2. The molecule has 5 heteroatoms. The summed E-state index contributed by atoms with van der Waals surface area (Å²) < 4.78 is 0. The second kappa shape index (κ2) is 6.50. The van der Waals surface area contributed by atoms with E-state index in [-0.39, 0.29) is 32.2 Å². The van der Waals surface area contributed by atoms with E-state index in [1.54, 1.807) is 11.3 Å². The van der Waals surface area contributed by atoms with E-state index in [2.05, 4.69) is 6.92 Å². The first kappa shape index (κ1) is 14.5. The van der Waals surface area contributed by atoms with Crippen LogP contribution in [0.4, 0.5) is 0 Å². The van der Waals surface area contributed by atoms with Crippen LogP contribution in [0.15, 0.2) is 6.07 Å². The zero-order chi connectivity index (χ0) is 13.8. The highest BCUT2D eigenvalue weighted by atomic mass is 32.1. The van der Waals surface area contributed by atoms with Gasteiger partial charge in [0.1, 0.15) is 0 Å². The molecule has 0 bridgehead atoms. The molecule has 2 rings (SSSR count). The number of hydrogen-bond acceptors (Lipinski definition) is 4. The number of hydrogen-bond donors (Lipinski definition) is 2. The van der Waals surface area contributed by atoms with Gasteiger partial charge in [0.15, 0.2) is 0 Å². The van der Waals surface area contributed by atoms with Crippen LogP contribution in [0.3, 0.4) is 0 Å². The average molecular weight is 283 g/mol. The third kappa shape index (κ3) is 3.35. The zero-order valence-corrected chi connectivity index (χ0v) is 12.1. The molecule has 1 aromatic heterocycles. The Morgan fingerprint density at radius 1 is 1.42 bits per heavy atom. The summed E-state index contributed by atoms with van der Waals surface area (Å²) in [5, 5.41) is 18.0. The van der Waals surface area contributed by atoms with Crippen LogP contribution in [0.5, 0.6) is 0 Å².